The molecule has 1 aliphatic rings. The first-order valence-corrected chi connectivity index (χ1v) is 7.70. The van der Waals surface area contributed by atoms with Crippen LogP contribution in [0.2, 0.25) is 0 Å². The van der Waals surface area contributed by atoms with Gasteiger partial charge in [-0.1, -0.05) is 25.1 Å². The Balaban J connectivity index is 1.80. The van der Waals surface area contributed by atoms with Crippen molar-refractivity contribution in [2.45, 2.75) is 25.8 Å². The van der Waals surface area contributed by atoms with E-state index in [-0.39, 0.29) is 23.8 Å². The average molecular weight is 304 g/mol. The lowest BCUT2D eigenvalue weighted by molar-refractivity contribution is -0.142. The van der Waals surface area contributed by atoms with Crippen molar-refractivity contribution in [2.24, 2.45) is 5.92 Å². The number of carbonyl (C=O) groups excluding carboxylic acids is 2. The number of carbonyl (C=O) groups is 2. The molecule has 22 heavy (non-hydrogen) atoms. The Bertz CT molecular complexity index is 518. The van der Waals surface area contributed by atoms with Gasteiger partial charge in [-0.3, -0.25) is 9.59 Å². The summed E-state index contributed by atoms with van der Waals surface area (Å²) in [5.41, 5.74) is 0. The van der Waals surface area contributed by atoms with Crippen LogP contribution in [0, 0.1) is 5.92 Å². The van der Waals surface area contributed by atoms with Gasteiger partial charge < -0.3 is 14.5 Å². The molecule has 120 valence electrons. The van der Waals surface area contributed by atoms with Gasteiger partial charge in [0.15, 0.2) is 0 Å². The molecule has 5 heteroatoms. The van der Waals surface area contributed by atoms with Gasteiger partial charge in [0.05, 0.1) is 6.61 Å². The number of ether oxygens (including phenoxy) is 1. The van der Waals surface area contributed by atoms with E-state index < -0.39 is 0 Å². The molecule has 2 atom stereocenters. The molecule has 0 aliphatic carbocycles. The normalized spacial score (nSPS) is 19.1. The van der Waals surface area contributed by atoms with Crippen molar-refractivity contribution in [3.8, 4) is 5.75 Å². The van der Waals surface area contributed by atoms with Crippen LogP contribution >= 0.6 is 0 Å². The van der Waals surface area contributed by atoms with Crippen LogP contribution < -0.4 is 4.74 Å². The highest BCUT2D eigenvalue weighted by Gasteiger charge is 2.35. The van der Waals surface area contributed by atoms with Gasteiger partial charge >= 0.3 is 0 Å². The number of hydrogen-bond donors (Lipinski definition) is 0. The predicted molar refractivity (Wildman–Crippen MR) is 84.5 cm³/mol. The minimum atomic E-state index is -0.310. The number of benzene rings is 1. The summed E-state index contributed by atoms with van der Waals surface area (Å²) in [7, 11) is 3.50. The van der Waals surface area contributed by atoms with Crippen LogP contribution in [-0.2, 0) is 9.59 Å². The van der Waals surface area contributed by atoms with E-state index in [1.807, 2.05) is 37.3 Å². The molecule has 0 aromatic heterocycles. The largest absolute Gasteiger partial charge is 0.494 e. The fourth-order valence-corrected chi connectivity index (χ4v) is 2.66. The van der Waals surface area contributed by atoms with Crippen molar-refractivity contribution < 1.29 is 14.3 Å². The van der Waals surface area contributed by atoms with E-state index in [0.29, 0.717) is 26.0 Å². The second-order valence-corrected chi connectivity index (χ2v) is 5.86. The van der Waals surface area contributed by atoms with Gasteiger partial charge in [-0.25, -0.2) is 0 Å². The van der Waals surface area contributed by atoms with Crippen molar-refractivity contribution in [1.29, 1.82) is 0 Å². The van der Waals surface area contributed by atoms with Crippen molar-refractivity contribution in [2.75, 3.05) is 27.2 Å². The Hall–Kier alpha value is -2.04. The van der Waals surface area contributed by atoms with Gasteiger partial charge in [-0.2, -0.15) is 0 Å². The van der Waals surface area contributed by atoms with Gasteiger partial charge in [-0.05, 0) is 25.0 Å². The number of amides is 2. The first-order valence-electron chi connectivity index (χ1n) is 7.70. The average Bonchev–Trinajstić information content (AvgIpc) is 2.86. The van der Waals surface area contributed by atoms with Crippen molar-refractivity contribution in [1.82, 2.24) is 9.80 Å². The van der Waals surface area contributed by atoms with Crippen LogP contribution in [0.3, 0.4) is 0 Å². The van der Waals surface area contributed by atoms with Gasteiger partial charge in [0, 0.05) is 26.6 Å². The summed E-state index contributed by atoms with van der Waals surface area (Å²) in [6, 6.07) is 9.25. The lowest BCUT2D eigenvalue weighted by atomic mass is 10.1. The van der Waals surface area contributed by atoms with E-state index in [1.54, 1.807) is 23.9 Å². The van der Waals surface area contributed by atoms with Crippen molar-refractivity contribution in [3.63, 3.8) is 0 Å². The summed E-state index contributed by atoms with van der Waals surface area (Å²) < 4.78 is 5.62. The zero-order chi connectivity index (χ0) is 16.1. The molecular formula is C17H24N2O3. The monoisotopic (exact) mass is 304 g/mol. The maximum atomic E-state index is 12.4. The Kier molecular flexibility index (Phi) is 5.41. The molecule has 1 aromatic carbocycles. The highest BCUT2D eigenvalue weighted by Crippen LogP contribution is 2.18. The summed E-state index contributed by atoms with van der Waals surface area (Å²) in [4.78, 5) is 27.7. The van der Waals surface area contributed by atoms with Gasteiger partial charge in [-0.15, -0.1) is 0 Å². The molecule has 1 saturated heterocycles. The molecule has 0 unspecified atom stereocenters. The van der Waals surface area contributed by atoms with Gasteiger partial charge in [0.2, 0.25) is 11.8 Å². The van der Waals surface area contributed by atoms with Gasteiger partial charge in [0.25, 0.3) is 0 Å². The lowest BCUT2D eigenvalue weighted by Crippen LogP contribution is -2.44. The highest BCUT2D eigenvalue weighted by atomic mass is 16.5. The van der Waals surface area contributed by atoms with Crippen molar-refractivity contribution in [3.05, 3.63) is 30.3 Å². The second kappa shape index (κ2) is 7.29. The third-order valence-corrected chi connectivity index (χ3v) is 4.20. The number of likely N-dealkylation sites (tertiary alicyclic amines) is 1. The Morgan fingerprint density at radius 3 is 2.68 bits per heavy atom. The molecule has 1 aliphatic heterocycles. The van der Waals surface area contributed by atoms with Crippen LogP contribution in [0.5, 0.6) is 5.75 Å². The molecule has 0 saturated carbocycles. The molecular weight excluding hydrogens is 280 g/mol. The molecule has 1 fully saturated rings. The third-order valence-electron chi connectivity index (χ3n) is 4.20. The van der Waals surface area contributed by atoms with E-state index >= 15 is 0 Å². The zero-order valence-electron chi connectivity index (χ0n) is 13.5. The van der Waals surface area contributed by atoms with E-state index in [9.17, 15) is 9.59 Å². The Labute approximate surface area is 131 Å². The zero-order valence-corrected chi connectivity index (χ0v) is 13.5. The van der Waals surface area contributed by atoms with Crippen LogP contribution in [0.25, 0.3) is 0 Å². The first-order chi connectivity index (χ1) is 10.5. The van der Waals surface area contributed by atoms with Gasteiger partial charge in [0.1, 0.15) is 11.8 Å². The summed E-state index contributed by atoms with van der Waals surface area (Å²) >= 11 is 0. The standard InChI is InChI=1S/C17H24N2O3/c1-13(10-12-22-14-7-5-4-6-8-14)16(20)19(3)15-9-11-18(2)17(15)21/h4-8,13,15H,9-12H2,1-3H3/t13-,15-/m0/s1. The smallest absolute Gasteiger partial charge is 0.245 e. The van der Waals surface area contributed by atoms with E-state index in [1.165, 1.54) is 0 Å². The Morgan fingerprint density at radius 1 is 1.41 bits per heavy atom. The highest BCUT2D eigenvalue weighted by molar-refractivity contribution is 5.89. The molecule has 2 amide bonds. The minimum absolute atomic E-state index is 0.00492. The molecule has 0 spiro atoms. The number of para-hydroxylation sites is 1. The van der Waals surface area contributed by atoms with Crippen LogP contribution in [0.1, 0.15) is 19.8 Å². The summed E-state index contributed by atoms with van der Waals surface area (Å²) in [5, 5.41) is 0. The number of nitrogens with zero attached hydrogens (tertiary/aromatic N) is 2. The maximum Gasteiger partial charge on any atom is 0.245 e. The fraction of sp³-hybridized carbons (Fsp3) is 0.529. The van der Waals surface area contributed by atoms with E-state index in [0.717, 1.165) is 5.75 Å². The maximum absolute atomic E-state index is 12.4. The minimum Gasteiger partial charge on any atom is -0.494 e. The Morgan fingerprint density at radius 2 is 2.09 bits per heavy atom. The van der Waals surface area contributed by atoms with E-state index in [2.05, 4.69) is 0 Å². The fourth-order valence-electron chi connectivity index (χ4n) is 2.66. The van der Waals surface area contributed by atoms with E-state index in [4.69, 9.17) is 4.74 Å². The number of rotatable bonds is 6. The molecule has 1 heterocycles. The molecule has 0 bridgehead atoms. The second-order valence-electron chi connectivity index (χ2n) is 5.86. The SMILES string of the molecule is C[C@@H](CCOc1ccccc1)C(=O)N(C)[C@H]1CCN(C)C1=O. The van der Waals surface area contributed by atoms with Crippen LogP contribution in [0.4, 0.5) is 0 Å². The summed E-state index contributed by atoms with van der Waals surface area (Å²) in [5.74, 6) is 0.685. The summed E-state index contributed by atoms with van der Waals surface area (Å²) in [6.07, 6.45) is 1.35. The molecule has 0 N–H and O–H groups in total. The quantitative estimate of drug-likeness (QED) is 0.805. The third kappa shape index (κ3) is 3.78. The molecule has 5 nitrogen and oxygen atoms in total. The lowest BCUT2D eigenvalue weighted by Gasteiger charge is -2.26. The topological polar surface area (TPSA) is 49.9 Å². The van der Waals surface area contributed by atoms with Crippen molar-refractivity contribution >= 4 is 11.8 Å². The molecule has 2 rings (SSSR count). The summed E-state index contributed by atoms with van der Waals surface area (Å²) in [6.45, 7) is 3.09. The number of hydrogen-bond acceptors (Lipinski definition) is 3. The first kappa shape index (κ1) is 16.3. The van der Waals surface area contributed by atoms with Crippen LogP contribution in [0.15, 0.2) is 30.3 Å². The molecule has 0 radical (unpaired) electrons. The predicted octanol–water partition coefficient (Wildman–Crippen LogP) is 1.78. The molecule has 1 aromatic rings. The van der Waals surface area contributed by atoms with Crippen LogP contribution in [-0.4, -0.2) is 54.9 Å². The number of likely N-dealkylation sites (N-methyl/N-ethyl adjacent to an activating group) is 2.